The molecule has 11 nitrogen and oxygen atoms in total. The summed E-state index contributed by atoms with van der Waals surface area (Å²) in [6.45, 7) is 0. The molecule has 0 bridgehead atoms. The lowest BCUT2D eigenvalue weighted by atomic mass is 10.3. The van der Waals surface area contributed by atoms with Gasteiger partial charge in [-0.3, -0.25) is 9.98 Å². The maximum absolute atomic E-state index is 11.5. The van der Waals surface area contributed by atoms with Crippen molar-refractivity contribution >= 4 is 23.2 Å². The predicted octanol–water partition coefficient (Wildman–Crippen LogP) is 0.991. The molecule has 1 aliphatic carbocycles. The van der Waals surface area contributed by atoms with Crippen LogP contribution in [0.4, 0.5) is 11.5 Å². The van der Waals surface area contributed by atoms with Crippen molar-refractivity contribution in [3.8, 4) is 11.6 Å². The van der Waals surface area contributed by atoms with Gasteiger partial charge in [-0.05, 0) is 49.2 Å². The summed E-state index contributed by atoms with van der Waals surface area (Å²) >= 11 is 0. The molecule has 1 fully saturated rings. The summed E-state index contributed by atoms with van der Waals surface area (Å²) in [6, 6.07) is 11.9. The van der Waals surface area contributed by atoms with Gasteiger partial charge >= 0.3 is 5.69 Å². The summed E-state index contributed by atoms with van der Waals surface area (Å²) in [4.78, 5) is 25.8. The van der Waals surface area contributed by atoms with Crippen LogP contribution in [0, 0.1) is 0 Å². The largest absolute Gasteiger partial charge is 0.493 e. The Kier molecular flexibility index (Phi) is 4.32. The topological polar surface area (TPSA) is 141 Å². The molecule has 4 aromatic heterocycles. The first-order valence-electron chi connectivity index (χ1n) is 10.5. The second-order valence-electron chi connectivity index (χ2n) is 7.80. The Morgan fingerprint density at radius 1 is 1.18 bits per heavy atom. The van der Waals surface area contributed by atoms with Gasteiger partial charge in [-0.25, -0.2) is 14.5 Å². The molecule has 6 rings (SSSR count). The number of aromatic hydroxyl groups is 1. The molecule has 0 atom stereocenters. The van der Waals surface area contributed by atoms with E-state index < -0.39 is 5.69 Å². The first-order valence-corrected chi connectivity index (χ1v) is 10.5. The van der Waals surface area contributed by atoms with Crippen LogP contribution >= 0.6 is 0 Å². The van der Waals surface area contributed by atoms with Gasteiger partial charge in [-0.1, -0.05) is 0 Å². The molecule has 0 aliphatic heterocycles. The number of benzene rings is 1. The third kappa shape index (κ3) is 3.76. The van der Waals surface area contributed by atoms with Crippen LogP contribution in [0.5, 0.6) is 5.88 Å². The molecule has 4 heterocycles. The zero-order valence-corrected chi connectivity index (χ0v) is 17.3. The number of aromatic nitrogens is 7. The molecule has 11 heteroatoms. The Hall–Kier alpha value is -4.67. The molecule has 4 N–H and O–H groups in total. The molecule has 33 heavy (non-hydrogen) atoms. The summed E-state index contributed by atoms with van der Waals surface area (Å²) in [5.74, 6) is 0.365. The van der Waals surface area contributed by atoms with E-state index in [2.05, 4.69) is 25.5 Å². The van der Waals surface area contributed by atoms with E-state index >= 15 is 0 Å². The standard InChI is InChI=1S/C22H19N9O2/c32-21-17(27-22(33)29-21)10-13-12-24-31-19(26-15-2-3-15)11-18(28-20(13)31)25-14-4-6-16(7-5-14)30-9-1-8-23-30/h1,4-12,15,25,32H,2-3H2,(H2,27,29,33)/b13-10-,26-19?. The molecular weight excluding hydrogens is 422 g/mol. The van der Waals surface area contributed by atoms with Crippen LogP contribution in [0.25, 0.3) is 17.4 Å². The highest BCUT2D eigenvalue weighted by Crippen LogP contribution is 2.23. The Labute approximate surface area is 185 Å². The van der Waals surface area contributed by atoms with E-state index in [4.69, 9.17) is 9.98 Å². The zero-order valence-electron chi connectivity index (χ0n) is 17.3. The van der Waals surface area contributed by atoms with Gasteiger partial charge in [0.1, 0.15) is 11.5 Å². The highest BCUT2D eigenvalue weighted by Gasteiger charge is 2.20. The molecule has 1 aliphatic rings. The Morgan fingerprint density at radius 3 is 2.73 bits per heavy atom. The van der Waals surface area contributed by atoms with Crippen molar-refractivity contribution in [1.82, 2.24) is 34.3 Å². The lowest BCUT2D eigenvalue weighted by Crippen LogP contribution is -2.19. The number of aromatic amines is 2. The van der Waals surface area contributed by atoms with E-state index in [9.17, 15) is 9.90 Å². The van der Waals surface area contributed by atoms with Gasteiger partial charge in [0.25, 0.3) is 0 Å². The minimum atomic E-state index is -0.492. The van der Waals surface area contributed by atoms with Crippen molar-refractivity contribution in [3.63, 3.8) is 0 Å². The summed E-state index contributed by atoms with van der Waals surface area (Å²) < 4.78 is 3.45. The zero-order chi connectivity index (χ0) is 22.4. The lowest BCUT2D eigenvalue weighted by molar-refractivity contribution is 0.454. The smallest absolute Gasteiger partial charge is 0.326 e. The predicted molar refractivity (Wildman–Crippen MR) is 120 cm³/mol. The maximum Gasteiger partial charge on any atom is 0.326 e. The minimum absolute atomic E-state index is 0.242. The van der Waals surface area contributed by atoms with Gasteiger partial charge in [0.2, 0.25) is 5.88 Å². The molecule has 5 aromatic rings. The van der Waals surface area contributed by atoms with Crippen LogP contribution in [0.1, 0.15) is 18.5 Å². The number of nitrogens with zero attached hydrogens (tertiary/aromatic N) is 6. The van der Waals surface area contributed by atoms with Crippen LogP contribution in [0.15, 0.2) is 64.8 Å². The number of hydrogen-bond acceptors (Lipinski definition) is 7. The van der Waals surface area contributed by atoms with E-state index in [-0.39, 0.29) is 11.6 Å². The summed E-state index contributed by atoms with van der Waals surface area (Å²) in [6.07, 6.45) is 8.98. The molecule has 0 radical (unpaired) electrons. The third-order valence-electron chi connectivity index (χ3n) is 5.29. The van der Waals surface area contributed by atoms with Gasteiger partial charge in [0.05, 0.1) is 17.9 Å². The number of rotatable bonds is 5. The fourth-order valence-electron chi connectivity index (χ4n) is 3.53. The fourth-order valence-corrected chi connectivity index (χ4v) is 3.53. The number of imidazole rings is 1. The van der Waals surface area contributed by atoms with Crippen LogP contribution in [-0.2, 0) is 0 Å². The van der Waals surface area contributed by atoms with Crippen molar-refractivity contribution in [2.45, 2.75) is 18.9 Å². The second-order valence-corrected chi connectivity index (χ2v) is 7.80. The highest BCUT2D eigenvalue weighted by molar-refractivity contribution is 5.62. The van der Waals surface area contributed by atoms with E-state index in [0.717, 1.165) is 24.2 Å². The van der Waals surface area contributed by atoms with Crippen molar-refractivity contribution in [1.29, 1.82) is 0 Å². The Balaban J connectivity index is 1.43. The molecule has 0 amide bonds. The van der Waals surface area contributed by atoms with Crippen molar-refractivity contribution < 1.29 is 5.11 Å². The van der Waals surface area contributed by atoms with Crippen molar-refractivity contribution in [3.05, 3.63) is 81.9 Å². The van der Waals surface area contributed by atoms with Gasteiger partial charge in [0.15, 0.2) is 11.1 Å². The normalized spacial score (nSPS) is 14.9. The monoisotopic (exact) mass is 441 g/mol. The lowest BCUT2D eigenvalue weighted by Gasteiger charge is -2.08. The Morgan fingerprint density at radius 2 is 2.03 bits per heavy atom. The molecular formula is C22H19N9O2. The van der Waals surface area contributed by atoms with E-state index in [1.54, 1.807) is 27.7 Å². The van der Waals surface area contributed by atoms with E-state index in [1.807, 2.05) is 42.6 Å². The molecule has 0 unspecified atom stereocenters. The quantitative estimate of drug-likeness (QED) is 0.321. The second kappa shape index (κ2) is 7.48. The molecule has 0 saturated heterocycles. The van der Waals surface area contributed by atoms with Crippen molar-refractivity contribution in [2.24, 2.45) is 4.99 Å². The summed E-state index contributed by atoms with van der Waals surface area (Å²) in [7, 11) is 0. The first-order chi connectivity index (χ1) is 16.1. The average Bonchev–Trinajstić information content (AvgIpc) is 3.17. The minimum Gasteiger partial charge on any atom is -0.493 e. The number of hydrogen-bond donors (Lipinski definition) is 4. The number of nitrogens with one attached hydrogen (secondary N) is 3. The summed E-state index contributed by atoms with van der Waals surface area (Å²) in [5, 5.41) is 22.6. The number of H-pyrrole nitrogens is 2. The Bertz CT molecular complexity index is 1620. The van der Waals surface area contributed by atoms with Crippen LogP contribution in [0.2, 0.25) is 0 Å². The number of anilines is 2. The average molecular weight is 441 g/mol. The molecule has 0 spiro atoms. The third-order valence-corrected chi connectivity index (χ3v) is 5.29. The van der Waals surface area contributed by atoms with Gasteiger partial charge in [0, 0.05) is 29.4 Å². The molecule has 1 saturated carbocycles. The van der Waals surface area contributed by atoms with Gasteiger partial charge in [-0.2, -0.15) is 14.7 Å². The van der Waals surface area contributed by atoms with E-state index in [1.165, 1.54) is 0 Å². The molecule has 164 valence electrons. The SMILES string of the molecule is O=c1[nH]c(O)c(/C=c2/cnn3c(=NC4CC4)cc(Nc4ccc(-n5cccn5)cc4)nc23)[nH]1. The van der Waals surface area contributed by atoms with Crippen LogP contribution in [0.3, 0.4) is 0 Å². The fraction of sp³-hybridized carbons (Fsp3) is 0.136. The van der Waals surface area contributed by atoms with Crippen LogP contribution in [-0.4, -0.2) is 45.5 Å². The highest BCUT2D eigenvalue weighted by atomic mass is 16.3. The molecule has 1 aromatic carbocycles. The summed E-state index contributed by atoms with van der Waals surface area (Å²) in [5.41, 5.74) is 2.81. The van der Waals surface area contributed by atoms with Gasteiger partial charge in [-0.15, -0.1) is 0 Å². The van der Waals surface area contributed by atoms with Crippen molar-refractivity contribution in [2.75, 3.05) is 5.32 Å². The van der Waals surface area contributed by atoms with Gasteiger partial charge < -0.3 is 15.4 Å². The van der Waals surface area contributed by atoms with E-state index in [0.29, 0.717) is 28.2 Å². The van der Waals surface area contributed by atoms with Crippen LogP contribution < -0.4 is 21.7 Å². The first kappa shape index (κ1) is 19.0. The maximum atomic E-state index is 11.5. The number of fused-ring (bicyclic) bond motifs is 1.